The molecule has 78 valence electrons. The van der Waals surface area contributed by atoms with Crippen molar-refractivity contribution < 1.29 is 4.74 Å². The molecule has 2 rings (SSSR count). The third-order valence-corrected chi connectivity index (χ3v) is 2.61. The van der Waals surface area contributed by atoms with E-state index in [-0.39, 0.29) is 0 Å². The number of nitrogens with one attached hydrogen (secondary N) is 1. The van der Waals surface area contributed by atoms with Crippen molar-refractivity contribution in [3.8, 4) is 0 Å². The van der Waals surface area contributed by atoms with Crippen molar-refractivity contribution in [3.63, 3.8) is 0 Å². The second-order valence-corrected chi connectivity index (χ2v) is 3.84. The Kier molecular flexibility index (Phi) is 3.22. The van der Waals surface area contributed by atoms with E-state index in [1.54, 1.807) is 7.11 Å². The van der Waals surface area contributed by atoms with E-state index in [1.807, 2.05) is 0 Å². The van der Waals surface area contributed by atoms with Crippen molar-refractivity contribution in [2.75, 3.05) is 13.7 Å². The van der Waals surface area contributed by atoms with E-state index in [0.29, 0.717) is 0 Å². The van der Waals surface area contributed by atoms with Gasteiger partial charge in [-0.15, -0.1) is 0 Å². The lowest BCUT2D eigenvalue weighted by molar-refractivity contribution is 0.186. The van der Waals surface area contributed by atoms with Crippen LogP contribution in [0, 0.1) is 0 Å². The topological polar surface area (TPSA) is 26.2 Å². The molecule has 0 aromatic carbocycles. The van der Waals surface area contributed by atoms with Gasteiger partial charge in [0, 0.05) is 38.1 Å². The van der Waals surface area contributed by atoms with E-state index < -0.39 is 0 Å². The minimum atomic E-state index is 0.778. The molecule has 1 aromatic rings. The highest BCUT2D eigenvalue weighted by Gasteiger charge is 2.20. The molecular weight excluding hydrogens is 176 g/mol. The summed E-state index contributed by atoms with van der Waals surface area (Å²) in [5.74, 6) is 0. The molecule has 0 spiro atoms. The summed E-state index contributed by atoms with van der Waals surface area (Å²) in [4.78, 5) is 0. The molecule has 0 aliphatic heterocycles. The van der Waals surface area contributed by atoms with Gasteiger partial charge >= 0.3 is 0 Å². The summed E-state index contributed by atoms with van der Waals surface area (Å²) >= 11 is 0. The molecule has 0 atom stereocenters. The Bertz CT molecular complexity index is 279. The summed E-state index contributed by atoms with van der Waals surface area (Å²) in [6.07, 6.45) is 4.81. The zero-order valence-electron chi connectivity index (χ0n) is 8.70. The van der Waals surface area contributed by atoms with Crippen LogP contribution in [0.25, 0.3) is 0 Å². The SMILES string of the molecule is COCCn1cccc1CNC1CC1. The van der Waals surface area contributed by atoms with Crippen LogP contribution in [0.15, 0.2) is 18.3 Å². The smallest absolute Gasteiger partial charge is 0.0641 e. The van der Waals surface area contributed by atoms with E-state index in [1.165, 1.54) is 18.5 Å². The quantitative estimate of drug-likeness (QED) is 0.740. The fourth-order valence-electron chi connectivity index (χ4n) is 1.55. The number of aromatic nitrogens is 1. The Morgan fingerprint density at radius 1 is 1.57 bits per heavy atom. The maximum Gasteiger partial charge on any atom is 0.0641 e. The highest BCUT2D eigenvalue weighted by molar-refractivity contribution is 5.07. The number of rotatable bonds is 6. The van der Waals surface area contributed by atoms with Crippen molar-refractivity contribution in [2.24, 2.45) is 0 Å². The average molecular weight is 194 g/mol. The predicted molar refractivity (Wildman–Crippen MR) is 56.2 cm³/mol. The molecule has 1 aliphatic carbocycles. The molecule has 14 heavy (non-hydrogen) atoms. The lowest BCUT2D eigenvalue weighted by Crippen LogP contribution is -2.18. The zero-order valence-corrected chi connectivity index (χ0v) is 8.70. The number of methoxy groups -OCH3 is 1. The van der Waals surface area contributed by atoms with Crippen LogP contribution in [0.2, 0.25) is 0 Å². The molecule has 1 fully saturated rings. The number of hydrogen-bond donors (Lipinski definition) is 1. The average Bonchev–Trinajstić information content (AvgIpc) is 2.92. The third-order valence-electron chi connectivity index (χ3n) is 2.61. The molecule has 0 amide bonds. The third kappa shape index (κ3) is 2.59. The molecule has 0 radical (unpaired) electrons. The van der Waals surface area contributed by atoms with Crippen molar-refractivity contribution >= 4 is 0 Å². The van der Waals surface area contributed by atoms with Gasteiger partial charge in [0.25, 0.3) is 0 Å². The van der Waals surface area contributed by atoms with Gasteiger partial charge in [0.15, 0.2) is 0 Å². The molecule has 0 unspecified atom stereocenters. The van der Waals surface area contributed by atoms with Crippen LogP contribution in [0.3, 0.4) is 0 Å². The summed E-state index contributed by atoms with van der Waals surface area (Å²) < 4.78 is 7.32. The Morgan fingerprint density at radius 3 is 3.14 bits per heavy atom. The minimum absolute atomic E-state index is 0.778. The van der Waals surface area contributed by atoms with E-state index in [9.17, 15) is 0 Å². The summed E-state index contributed by atoms with van der Waals surface area (Å²) in [5, 5.41) is 3.51. The highest BCUT2D eigenvalue weighted by Crippen LogP contribution is 2.19. The van der Waals surface area contributed by atoms with Gasteiger partial charge in [-0.25, -0.2) is 0 Å². The van der Waals surface area contributed by atoms with Crippen molar-refractivity contribution in [1.29, 1.82) is 0 Å². The number of ether oxygens (including phenoxy) is 1. The monoisotopic (exact) mass is 194 g/mol. The van der Waals surface area contributed by atoms with E-state index in [4.69, 9.17) is 4.74 Å². The molecule has 1 saturated carbocycles. The second kappa shape index (κ2) is 4.62. The van der Waals surface area contributed by atoms with Gasteiger partial charge in [0.05, 0.1) is 6.61 Å². The Morgan fingerprint density at radius 2 is 2.43 bits per heavy atom. The first kappa shape index (κ1) is 9.74. The van der Waals surface area contributed by atoms with E-state index in [0.717, 1.165) is 25.7 Å². The van der Waals surface area contributed by atoms with Crippen LogP contribution in [0.5, 0.6) is 0 Å². The van der Waals surface area contributed by atoms with E-state index in [2.05, 4.69) is 28.2 Å². The minimum Gasteiger partial charge on any atom is -0.383 e. The molecule has 1 N–H and O–H groups in total. The summed E-state index contributed by atoms with van der Waals surface area (Å²) in [6, 6.07) is 5.05. The lowest BCUT2D eigenvalue weighted by Gasteiger charge is -2.09. The van der Waals surface area contributed by atoms with Crippen molar-refractivity contribution in [1.82, 2.24) is 9.88 Å². The van der Waals surface area contributed by atoms with Gasteiger partial charge < -0.3 is 14.6 Å². The summed E-state index contributed by atoms with van der Waals surface area (Å²) in [6.45, 7) is 2.72. The van der Waals surface area contributed by atoms with Crippen LogP contribution in [0.4, 0.5) is 0 Å². The van der Waals surface area contributed by atoms with Gasteiger partial charge in [-0.1, -0.05) is 0 Å². The Balaban J connectivity index is 1.83. The molecule has 0 bridgehead atoms. The number of nitrogens with zero attached hydrogens (tertiary/aromatic N) is 1. The van der Waals surface area contributed by atoms with Crippen LogP contribution in [-0.4, -0.2) is 24.3 Å². The van der Waals surface area contributed by atoms with Crippen LogP contribution in [0.1, 0.15) is 18.5 Å². The second-order valence-electron chi connectivity index (χ2n) is 3.84. The largest absolute Gasteiger partial charge is 0.383 e. The van der Waals surface area contributed by atoms with Crippen LogP contribution in [-0.2, 0) is 17.8 Å². The Hall–Kier alpha value is -0.800. The van der Waals surface area contributed by atoms with E-state index >= 15 is 0 Å². The molecule has 1 aromatic heterocycles. The molecule has 3 nitrogen and oxygen atoms in total. The first-order valence-electron chi connectivity index (χ1n) is 5.26. The van der Waals surface area contributed by atoms with Crippen molar-refractivity contribution in [3.05, 3.63) is 24.0 Å². The molecule has 1 heterocycles. The normalized spacial score (nSPS) is 16.1. The standard InChI is InChI=1S/C11H18N2O/c1-14-8-7-13-6-2-3-11(13)9-12-10-4-5-10/h2-3,6,10,12H,4-5,7-9H2,1H3. The van der Waals surface area contributed by atoms with Gasteiger partial charge in [-0.2, -0.15) is 0 Å². The fourth-order valence-corrected chi connectivity index (χ4v) is 1.55. The molecule has 0 saturated heterocycles. The zero-order chi connectivity index (χ0) is 9.80. The number of hydrogen-bond acceptors (Lipinski definition) is 2. The fraction of sp³-hybridized carbons (Fsp3) is 0.636. The molecule has 3 heteroatoms. The Labute approximate surface area is 85.1 Å². The first-order chi connectivity index (χ1) is 6.90. The van der Waals surface area contributed by atoms with Crippen LogP contribution < -0.4 is 5.32 Å². The van der Waals surface area contributed by atoms with Crippen LogP contribution >= 0.6 is 0 Å². The van der Waals surface area contributed by atoms with Gasteiger partial charge in [-0.3, -0.25) is 0 Å². The van der Waals surface area contributed by atoms with Gasteiger partial charge in [0.1, 0.15) is 0 Å². The van der Waals surface area contributed by atoms with Crippen molar-refractivity contribution in [2.45, 2.75) is 32.0 Å². The van der Waals surface area contributed by atoms with Gasteiger partial charge in [-0.05, 0) is 25.0 Å². The maximum atomic E-state index is 5.07. The first-order valence-corrected chi connectivity index (χ1v) is 5.26. The molecule has 1 aliphatic rings. The summed E-state index contributed by atoms with van der Waals surface area (Å²) in [5.41, 5.74) is 1.36. The lowest BCUT2D eigenvalue weighted by atomic mass is 10.4. The van der Waals surface area contributed by atoms with Gasteiger partial charge in [0.2, 0.25) is 0 Å². The summed E-state index contributed by atoms with van der Waals surface area (Å²) in [7, 11) is 1.74. The highest BCUT2D eigenvalue weighted by atomic mass is 16.5. The maximum absolute atomic E-state index is 5.07. The predicted octanol–water partition coefficient (Wildman–Crippen LogP) is 1.39. The molecular formula is C11H18N2O.